The van der Waals surface area contributed by atoms with Crippen molar-refractivity contribution in [2.75, 3.05) is 0 Å². The van der Waals surface area contributed by atoms with Crippen LogP contribution in [0.2, 0.25) is 0 Å². The normalized spacial score (nSPS) is 36.4. The molecule has 1 saturated carbocycles. The molecule has 1 aliphatic carbocycles. The van der Waals surface area contributed by atoms with Gasteiger partial charge in [0.05, 0.1) is 0 Å². The number of halogens is 1. The van der Waals surface area contributed by atoms with Crippen LogP contribution < -0.4 is 5.73 Å². The zero-order valence-corrected chi connectivity index (χ0v) is 8.48. The maximum Gasteiger partial charge on any atom is 0.0112 e. The monoisotopic (exact) mass is 187 g/mol. The molecule has 1 fully saturated rings. The van der Waals surface area contributed by atoms with Crippen LogP contribution in [-0.2, 0) is 0 Å². The predicted molar refractivity (Wildman–Crippen MR) is 54.1 cm³/mol. The Labute approximate surface area is 80.0 Å². The molecule has 0 bridgehead atoms. The van der Waals surface area contributed by atoms with E-state index in [9.17, 15) is 0 Å². The second-order valence-electron chi connectivity index (χ2n) is 4.03. The third-order valence-corrected chi connectivity index (χ3v) is 3.04. The van der Waals surface area contributed by atoms with Gasteiger partial charge in [-0.2, -0.15) is 0 Å². The van der Waals surface area contributed by atoms with Crippen molar-refractivity contribution in [1.29, 1.82) is 0 Å². The zero-order chi connectivity index (χ0) is 9.14. The highest BCUT2D eigenvalue weighted by Gasteiger charge is 2.25. The quantitative estimate of drug-likeness (QED) is 0.707. The third kappa shape index (κ3) is 2.80. The van der Waals surface area contributed by atoms with Gasteiger partial charge in [0.2, 0.25) is 0 Å². The van der Waals surface area contributed by atoms with E-state index in [0.29, 0.717) is 12.0 Å². The molecule has 2 heteroatoms. The van der Waals surface area contributed by atoms with E-state index in [1.165, 1.54) is 12.8 Å². The molecule has 3 unspecified atom stereocenters. The number of hydrogen-bond donors (Lipinski definition) is 1. The van der Waals surface area contributed by atoms with E-state index >= 15 is 0 Å². The fourth-order valence-electron chi connectivity index (χ4n) is 2.02. The first kappa shape index (κ1) is 10.1. The van der Waals surface area contributed by atoms with Gasteiger partial charge in [0.15, 0.2) is 0 Å². The van der Waals surface area contributed by atoms with Crippen LogP contribution >= 0.6 is 11.6 Å². The molecule has 70 valence electrons. The Morgan fingerprint density at radius 3 is 2.83 bits per heavy atom. The molecule has 12 heavy (non-hydrogen) atoms. The fourth-order valence-corrected chi connectivity index (χ4v) is 2.22. The van der Waals surface area contributed by atoms with Crippen LogP contribution in [0.4, 0.5) is 0 Å². The first-order valence-electron chi connectivity index (χ1n) is 4.68. The van der Waals surface area contributed by atoms with Gasteiger partial charge in [-0.05, 0) is 37.5 Å². The lowest BCUT2D eigenvalue weighted by Crippen LogP contribution is -2.32. The van der Waals surface area contributed by atoms with Crippen molar-refractivity contribution in [3.63, 3.8) is 0 Å². The molecule has 1 aliphatic rings. The molecule has 0 aliphatic heterocycles. The Morgan fingerprint density at radius 2 is 2.25 bits per heavy atom. The molecule has 1 rings (SSSR count). The van der Waals surface area contributed by atoms with Crippen molar-refractivity contribution >= 4 is 11.6 Å². The second-order valence-corrected chi connectivity index (χ2v) is 4.57. The van der Waals surface area contributed by atoms with Gasteiger partial charge < -0.3 is 5.73 Å². The predicted octanol–water partition coefficient (Wildman–Crippen LogP) is 2.89. The minimum absolute atomic E-state index is 0.391. The lowest BCUT2D eigenvalue weighted by molar-refractivity contribution is 0.233. The van der Waals surface area contributed by atoms with Gasteiger partial charge in [0, 0.05) is 11.1 Å². The van der Waals surface area contributed by atoms with Gasteiger partial charge in [0.25, 0.3) is 0 Å². The molecule has 0 aromatic heterocycles. The summed E-state index contributed by atoms with van der Waals surface area (Å²) in [4.78, 5) is 0. The molecular weight excluding hydrogens is 170 g/mol. The van der Waals surface area contributed by atoms with Crippen LogP contribution in [0.3, 0.4) is 0 Å². The summed E-state index contributed by atoms with van der Waals surface area (Å²) in [6.07, 6.45) is 4.48. The third-order valence-electron chi connectivity index (χ3n) is 2.89. The van der Waals surface area contributed by atoms with E-state index in [4.69, 9.17) is 17.3 Å². The molecule has 0 saturated heterocycles. The van der Waals surface area contributed by atoms with Crippen LogP contribution in [0.1, 0.15) is 32.6 Å². The molecule has 0 aromatic carbocycles. The van der Waals surface area contributed by atoms with Crippen molar-refractivity contribution in [3.05, 3.63) is 11.6 Å². The Morgan fingerprint density at radius 1 is 1.58 bits per heavy atom. The van der Waals surface area contributed by atoms with E-state index in [0.717, 1.165) is 23.8 Å². The number of rotatable bonds is 2. The molecule has 1 nitrogen and oxygen atoms in total. The number of hydrogen-bond acceptors (Lipinski definition) is 1. The van der Waals surface area contributed by atoms with Gasteiger partial charge in [-0.25, -0.2) is 0 Å². The summed E-state index contributed by atoms with van der Waals surface area (Å²) in [6.45, 7) is 6.02. The van der Waals surface area contributed by atoms with Gasteiger partial charge >= 0.3 is 0 Å². The van der Waals surface area contributed by atoms with Crippen molar-refractivity contribution in [1.82, 2.24) is 0 Å². The summed E-state index contributed by atoms with van der Waals surface area (Å²) in [7, 11) is 0. The van der Waals surface area contributed by atoms with Gasteiger partial charge in [-0.15, -0.1) is 0 Å². The summed E-state index contributed by atoms with van der Waals surface area (Å²) in [5.41, 5.74) is 5.89. The zero-order valence-electron chi connectivity index (χ0n) is 7.72. The minimum Gasteiger partial charge on any atom is -0.328 e. The number of allylic oxidation sites excluding steroid dienone is 1. The Hall–Kier alpha value is -0.0100. The van der Waals surface area contributed by atoms with Gasteiger partial charge in [-0.3, -0.25) is 0 Å². The molecule has 3 atom stereocenters. The standard InChI is InChI=1S/C10H18ClN/c1-7-3-4-10(12)6-9(7)5-8(2)11/h7,9-10H,2-6,12H2,1H3. The van der Waals surface area contributed by atoms with Crippen LogP contribution in [-0.4, -0.2) is 6.04 Å². The van der Waals surface area contributed by atoms with Crippen LogP contribution in [0, 0.1) is 11.8 Å². The molecule has 0 amide bonds. The maximum absolute atomic E-state index is 5.89. The lowest BCUT2D eigenvalue weighted by Gasteiger charge is -2.32. The highest BCUT2D eigenvalue weighted by molar-refractivity contribution is 6.29. The van der Waals surface area contributed by atoms with Crippen LogP contribution in [0.5, 0.6) is 0 Å². The summed E-state index contributed by atoms with van der Waals surface area (Å²) in [5, 5.41) is 0.779. The topological polar surface area (TPSA) is 26.0 Å². The highest BCUT2D eigenvalue weighted by Crippen LogP contribution is 2.33. The maximum atomic E-state index is 5.89. The molecule has 0 radical (unpaired) electrons. The minimum atomic E-state index is 0.391. The highest BCUT2D eigenvalue weighted by atomic mass is 35.5. The first-order chi connectivity index (χ1) is 5.59. The van der Waals surface area contributed by atoms with E-state index in [-0.39, 0.29) is 0 Å². The molecule has 0 spiro atoms. The van der Waals surface area contributed by atoms with Crippen molar-refractivity contribution in [3.8, 4) is 0 Å². The van der Waals surface area contributed by atoms with E-state index < -0.39 is 0 Å². The van der Waals surface area contributed by atoms with Crippen molar-refractivity contribution in [2.45, 2.75) is 38.6 Å². The van der Waals surface area contributed by atoms with Crippen molar-refractivity contribution < 1.29 is 0 Å². The van der Waals surface area contributed by atoms with Crippen molar-refractivity contribution in [2.24, 2.45) is 17.6 Å². The van der Waals surface area contributed by atoms with Crippen LogP contribution in [0.15, 0.2) is 11.6 Å². The average molecular weight is 188 g/mol. The van der Waals surface area contributed by atoms with Crippen LogP contribution in [0.25, 0.3) is 0 Å². The SMILES string of the molecule is C=C(Cl)CC1CC(N)CCC1C. The van der Waals surface area contributed by atoms with Gasteiger partial charge in [0.1, 0.15) is 0 Å². The fraction of sp³-hybridized carbons (Fsp3) is 0.800. The van der Waals surface area contributed by atoms with Gasteiger partial charge in [-0.1, -0.05) is 25.1 Å². The summed E-state index contributed by atoms with van der Waals surface area (Å²) in [5.74, 6) is 1.43. The molecule has 0 heterocycles. The largest absolute Gasteiger partial charge is 0.328 e. The number of nitrogens with two attached hydrogens (primary N) is 1. The summed E-state index contributed by atoms with van der Waals surface area (Å²) < 4.78 is 0. The Bertz CT molecular complexity index is 167. The molecular formula is C10H18ClN. The Kier molecular flexibility index (Phi) is 3.60. The Balaban J connectivity index is 2.43. The summed E-state index contributed by atoms with van der Waals surface area (Å²) >= 11 is 5.79. The van der Waals surface area contributed by atoms with E-state index in [1.807, 2.05) is 0 Å². The second kappa shape index (κ2) is 4.29. The smallest absolute Gasteiger partial charge is 0.0112 e. The lowest BCUT2D eigenvalue weighted by atomic mass is 9.76. The molecule has 0 aromatic rings. The average Bonchev–Trinajstić information content (AvgIpc) is 1.96. The summed E-state index contributed by atoms with van der Waals surface area (Å²) in [6, 6.07) is 0.391. The molecule has 2 N–H and O–H groups in total. The van der Waals surface area contributed by atoms with E-state index in [2.05, 4.69) is 13.5 Å². The van der Waals surface area contributed by atoms with E-state index in [1.54, 1.807) is 0 Å². The first-order valence-corrected chi connectivity index (χ1v) is 5.06.